The standard InChI is InChI=1S/C2H3N.CHF3O3S.HI/c1-2-3;2-1(3,4)8(5,6)7;/h1H3;(H,5,6,7);1H. The van der Waals surface area contributed by atoms with Crippen molar-refractivity contribution in [1.82, 2.24) is 0 Å². The summed E-state index contributed by atoms with van der Waals surface area (Å²) in [5, 5.41) is 7.32. The van der Waals surface area contributed by atoms with Gasteiger partial charge in [-0.25, -0.2) is 0 Å². The van der Waals surface area contributed by atoms with Crippen molar-refractivity contribution in [2.45, 2.75) is 12.4 Å². The topological polar surface area (TPSA) is 78.2 Å². The molecule has 0 saturated heterocycles. The highest BCUT2D eigenvalue weighted by Crippen LogP contribution is 2.20. The molecule has 0 aliphatic heterocycles. The Labute approximate surface area is 84.1 Å². The van der Waals surface area contributed by atoms with Gasteiger partial charge in [-0.1, -0.05) is 0 Å². The molecule has 0 aromatic carbocycles. The summed E-state index contributed by atoms with van der Waals surface area (Å²) in [6, 6.07) is 1.75. The molecule has 12 heavy (non-hydrogen) atoms. The van der Waals surface area contributed by atoms with Crippen LogP contribution in [-0.4, -0.2) is 18.5 Å². The number of rotatable bonds is 0. The first kappa shape index (κ1) is 17.9. The molecule has 0 amide bonds. The fourth-order valence-electron chi connectivity index (χ4n) is 0. The van der Waals surface area contributed by atoms with Gasteiger partial charge >= 0.3 is 15.6 Å². The van der Waals surface area contributed by atoms with Crippen LogP contribution in [0, 0.1) is 11.3 Å². The Balaban J connectivity index is -0.000000177. The summed E-state index contributed by atoms with van der Waals surface area (Å²) in [4.78, 5) is 0. The molecule has 0 radical (unpaired) electrons. The first-order valence-corrected chi connectivity index (χ1v) is 3.45. The van der Waals surface area contributed by atoms with Crippen molar-refractivity contribution >= 4 is 34.1 Å². The third-order valence-electron chi connectivity index (χ3n) is 0.292. The van der Waals surface area contributed by atoms with Crippen molar-refractivity contribution in [3.8, 4) is 6.07 Å². The molecule has 1 N–H and O–H groups in total. The number of halogens is 4. The fourth-order valence-corrected chi connectivity index (χ4v) is 0. The van der Waals surface area contributed by atoms with Crippen molar-refractivity contribution in [2.24, 2.45) is 0 Å². The summed E-state index contributed by atoms with van der Waals surface area (Å²) >= 11 is 0. The first-order valence-electron chi connectivity index (χ1n) is 2.01. The van der Waals surface area contributed by atoms with E-state index in [0.717, 1.165) is 0 Å². The molecule has 74 valence electrons. The van der Waals surface area contributed by atoms with Crippen LogP contribution in [0.2, 0.25) is 0 Å². The van der Waals surface area contributed by atoms with Crippen LogP contribution < -0.4 is 0 Å². The summed E-state index contributed by atoms with van der Waals surface area (Å²) in [6.45, 7) is 1.43. The molecular formula is C3H5F3INO3S. The summed E-state index contributed by atoms with van der Waals surface area (Å²) < 4.78 is 57.5. The Morgan fingerprint density at radius 1 is 1.42 bits per heavy atom. The highest BCUT2D eigenvalue weighted by molar-refractivity contribution is 14.0. The number of hydrogen-bond donors (Lipinski definition) is 1. The van der Waals surface area contributed by atoms with E-state index in [4.69, 9.17) is 18.2 Å². The molecule has 0 rings (SSSR count). The molecule has 0 bridgehead atoms. The van der Waals surface area contributed by atoms with Crippen molar-refractivity contribution in [3.05, 3.63) is 0 Å². The van der Waals surface area contributed by atoms with Crippen LogP contribution in [0.1, 0.15) is 6.92 Å². The van der Waals surface area contributed by atoms with Gasteiger partial charge in [0.05, 0.1) is 6.07 Å². The molecule has 0 spiro atoms. The predicted molar refractivity (Wildman–Crippen MR) is 44.3 cm³/mol. The van der Waals surface area contributed by atoms with Gasteiger partial charge in [0, 0.05) is 6.92 Å². The van der Waals surface area contributed by atoms with Crippen LogP contribution in [0.4, 0.5) is 13.2 Å². The van der Waals surface area contributed by atoms with Gasteiger partial charge < -0.3 is 0 Å². The fraction of sp³-hybridized carbons (Fsp3) is 0.667. The molecule has 0 heterocycles. The van der Waals surface area contributed by atoms with E-state index in [-0.39, 0.29) is 24.0 Å². The molecule has 9 heteroatoms. The quantitative estimate of drug-likeness (QED) is 0.417. The van der Waals surface area contributed by atoms with E-state index in [1.54, 1.807) is 6.07 Å². The van der Waals surface area contributed by atoms with E-state index >= 15 is 0 Å². The van der Waals surface area contributed by atoms with Gasteiger partial charge in [0.2, 0.25) is 0 Å². The van der Waals surface area contributed by atoms with Gasteiger partial charge in [-0.05, 0) is 0 Å². The predicted octanol–water partition coefficient (Wildman–Crippen LogP) is 1.54. The van der Waals surface area contributed by atoms with Crippen molar-refractivity contribution in [2.75, 3.05) is 0 Å². The van der Waals surface area contributed by atoms with Crippen LogP contribution >= 0.6 is 24.0 Å². The van der Waals surface area contributed by atoms with E-state index in [2.05, 4.69) is 0 Å². The minimum absolute atomic E-state index is 0. The maximum absolute atomic E-state index is 10.7. The van der Waals surface area contributed by atoms with Crippen LogP contribution in [0.25, 0.3) is 0 Å². The van der Waals surface area contributed by atoms with Crippen LogP contribution in [-0.2, 0) is 10.1 Å². The summed E-state index contributed by atoms with van der Waals surface area (Å²) in [7, 11) is -5.84. The monoisotopic (exact) mass is 319 g/mol. The Morgan fingerprint density at radius 3 is 1.50 bits per heavy atom. The Morgan fingerprint density at radius 2 is 1.50 bits per heavy atom. The zero-order valence-corrected chi connectivity index (χ0v) is 8.81. The minimum atomic E-state index is -5.84. The maximum Gasteiger partial charge on any atom is 0.522 e. The Kier molecular flexibility index (Phi) is 9.58. The SMILES string of the molecule is CC#N.I.O=S(=O)(O)C(F)(F)F. The molecule has 0 aliphatic rings. The number of nitrogens with zero attached hydrogens (tertiary/aromatic N) is 1. The second-order valence-electron chi connectivity index (χ2n) is 1.14. The van der Waals surface area contributed by atoms with E-state index in [0.29, 0.717) is 0 Å². The largest absolute Gasteiger partial charge is 0.522 e. The van der Waals surface area contributed by atoms with Crippen molar-refractivity contribution in [1.29, 1.82) is 5.26 Å². The summed E-state index contributed by atoms with van der Waals surface area (Å²) in [5.74, 6) is 0. The van der Waals surface area contributed by atoms with Gasteiger partial charge in [0.15, 0.2) is 0 Å². The van der Waals surface area contributed by atoms with Gasteiger partial charge in [0.1, 0.15) is 0 Å². The average Bonchev–Trinajstić information content (AvgIpc) is 1.60. The second-order valence-corrected chi connectivity index (χ2v) is 2.56. The van der Waals surface area contributed by atoms with Crippen LogP contribution in [0.3, 0.4) is 0 Å². The summed E-state index contributed by atoms with van der Waals surface area (Å²) in [6.07, 6.45) is 0. The maximum atomic E-state index is 10.7. The van der Waals surface area contributed by atoms with Gasteiger partial charge in [-0.15, -0.1) is 24.0 Å². The molecule has 0 aliphatic carbocycles. The lowest BCUT2D eigenvalue weighted by atomic mass is 11.0. The molecule has 0 atom stereocenters. The molecule has 0 aromatic rings. The second kappa shape index (κ2) is 6.44. The van der Waals surface area contributed by atoms with E-state index < -0.39 is 15.6 Å². The minimum Gasteiger partial charge on any atom is -0.279 e. The molecule has 4 nitrogen and oxygen atoms in total. The summed E-state index contributed by atoms with van der Waals surface area (Å²) in [5.41, 5.74) is -5.53. The number of alkyl halides is 3. The third-order valence-corrected chi connectivity index (χ3v) is 0.877. The van der Waals surface area contributed by atoms with E-state index in [9.17, 15) is 13.2 Å². The lowest BCUT2D eigenvalue weighted by Gasteiger charge is -1.97. The Hall–Kier alpha value is -0.0800. The molecule has 0 fully saturated rings. The lowest BCUT2D eigenvalue weighted by Crippen LogP contribution is -2.21. The zero-order valence-electron chi connectivity index (χ0n) is 5.66. The smallest absolute Gasteiger partial charge is 0.279 e. The molecular weight excluding hydrogens is 314 g/mol. The highest BCUT2D eigenvalue weighted by atomic mass is 127. The van der Waals surface area contributed by atoms with Crippen molar-refractivity contribution in [3.63, 3.8) is 0 Å². The third kappa shape index (κ3) is 9.92. The average molecular weight is 319 g/mol. The van der Waals surface area contributed by atoms with E-state index in [1.165, 1.54) is 6.92 Å². The van der Waals surface area contributed by atoms with Gasteiger partial charge in [0.25, 0.3) is 0 Å². The molecule has 0 saturated carbocycles. The first-order chi connectivity index (χ1) is 4.66. The van der Waals surface area contributed by atoms with Gasteiger partial charge in [-0.2, -0.15) is 26.9 Å². The molecule has 0 aromatic heterocycles. The van der Waals surface area contributed by atoms with E-state index in [1.807, 2.05) is 0 Å². The van der Waals surface area contributed by atoms with Crippen molar-refractivity contribution < 1.29 is 26.1 Å². The number of hydrogen-bond acceptors (Lipinski definition) is 3. The normalized spacial score (nSPS) is 10.0. The Bertz CT molecular complexity index is 240. The number of nitriles is 1. The molecule has 0 unspecified atom stereocenters. The van der Waals surface area contributed by atoms with Crippen LogP contribution in [0.5, 0.6) is 0 Å². The van der Waals surface area contributed by atoms with Gasteiger partial charge in [-0.3, -0.25) is 4.55 Å². The van der Waals surface area contributed by atoms with Crippen LogP contribution in [0.15, 0.2) is 0 Å². The lowest BCUT2D eigenvalue weighted by molar-refractivity contribution is -0.0510. The highest BCUT2D eigenvalue weighted by Gasteiger charge is 2.44. The zero-order chi connectivity index (χ0) is 9.71.